The fourth-order valence-corrected chi connectivity index (χ4v) is 7.18. The zero-order chi connectivity index (χ0) is 38.9. The van der Waals surface area contributed by atoms with Crippen molar-refractivity contribution in [2.75, 3.05) is 35.2 Å². The number of cyclic esters (lactones) is 1. The van der Waals surface area contributed by atoms with Gasteiger partial charge in [0.2, 0.25) is 0 Å². The minimum atomic E-state index is -2.26. The van der Waals surface area contributed by atoms with Gasteiger partial charge in [0.25, 0.3) is 0 Å². The van der Waals surface area contributed by atoms with E-state index in [1.165, 1.54) is 12.0 Å². The molecule has 0 spiro atoms. The highest BCUT2D eigenvalue weighted by Gasteiger charge is 2.48. The van der Waals surface area contributed by atoms with Crippen molar-refractivity contribution in [1.82, 2.24) is 9.80 Å². The number of rotatable bonds is 9. The van der Waals surface area contributed by atoms with Crippen LogP contribution in [-0.2, 0) is 38.0 Å². The Labute approximate surface area is 296 Å². The van der Waals surface area contributed by atoms with Crippen molar-refractivity contribution in [2.45, 2.75) is 146 Å². The van der Waals surface area contributed by atoms with Crippen LogP contribution >= 0.6 is 0 Å². The van der Waals surface area contributed by atoms with Crippen LogP contribution < -0.4 is 0 Å². The minimum Gasteiger partial charge on any atom is -0.462 e. The lowest BCUT2D eigenvalue weighted by molar-refractivity contribution is -0.309. The van der Waals surface area contributed by atoms with Crippen molar-refractivity contribution in [3.8, 4) is 0 Å². The topological polar surface area (TPSA) is 157 Å². The first kappa shape index (κ1) is 37.0. The van der Waals surface area contributed by atoms with Crippen molar-refractivity contribution < 1.29 is 57.4 Å². The molecule has 0 aromatic heterocycles. The number of likely N-dealkylation sites (N-methyl/N-ethyl adjacent to an activating group) is 2. The Hall–Kier alpha value is -1.78. The number of carbonyl (C=O) groups excluding carboxylic acids is 2. The minimum absolute atomic E-state index is 0.0302. The first-order valence-corrected chi connectivity index (χ1v) is 17.4. The van der Waals surface area contributed by atoms with E-state index in [4.69, 9.17) is 32.5 Å². The van der Waals surface area contributed by atoms with Crippen LogP contribution in [0.5, 0.6) is 0 Å². The molecule has 0 aromatic carbocycles. The van der Waals surface area contributed by atoms with Crippen LogP contribution in [0.3, 0.4) is 0 Å². The quantitative estimate of drug-likeness (QED) is 0.237. The second-order valence-electron chi connectivity index (χ2n) is 14.1. The van der Waals surface area contributed by atoms with Crippen molar-refractivity contribution >= 4 is 12.3 Å². The standard InChI is InChI=1S/C36H62N2O11/c1-21-19-25(17-18-39)34(49-36-33(43)31(38(7)8)32(42)24(4)47-36)35(44-9)27(40)20-29(41)45-22(2)13-11-10-12-14-28(21)48-30-16-15-26(37(5)6)23(3)46-30/h10-12,14,18,21-28,30-36,40,42-43H,13,15-17,19-20H2,1-9H3/b11-10+,14-12+/t21-,22-,23-,24-,25+,26+,27-,28+,30+,31+,32-,33-,34+,35+,36+/m1/s1/i5D3. The smallest absolute Gasteiger partial charge is 0.308 e. The van der Waals surface area contributed by atoms with Crippen LogP contribution in [-0.4, -0.2) is 152 Å². The predicted octanol–water partition coefficient (Wildman–Crippen LogP) is 2.05. The molecule has 3 N–H and O–H groups in total. The largest absolute Gasteiger partial charge is 0.462 e. The number of methoxy groups -OCH3 is 1. The molecule has 3 rings (SSSR count). The molecule has 3 aliphatic rings. The summed E-state index contributed by atoms with van der Waals surface area (Å²) >= 11 is 0. The third-order valence-corrected chi connectivity index (χ3v) is 9.91. The summed E-state index contributed by atoms with van der Waals surface area (Å²) in [4.78, 5) is 28.2. The summed E-state index contributed by atoms with van der Waals surface area (Å²) in [6.45, 7) is 4.93. The number of hydrogen-bond acceptors (Lipinski definition) is 13. The molecule has 49 heavy (non-hydrogen) atoms. The number of nitrogens with zero attached hydrogens (tertiary/aromatic N) is 2. The van der Waals surface area contributed by atoms with Gasteiger partial charge in [-0.3, -0.25) is 4.79 Å². The fraction of sp³-hybridized carbons (Fsp3) is 0.833. The Morgan fingerprint density at radius 3 is 2.35 bits per heavy atom. The molecule has 282 valence electrons. The first-order chi connectivity index (χ1) is 24.4. The van der Waals surface area contributed by atoms with Gasteiger partial charge in [0.15, 0.2) is 12.6 Å². The Morgan fingerprint density at radius 2 is 1.71 bits per heavy atom. The third-order valence-electron chi connectivity index (χ3n) is 9.91. The van der Waals surface area contributed by atoms with Gasteiger partial charge in [0.05, 0.1) is 49.1 Å². The van der Waals surface area contributed by atoms with Crippen LogP contribution in [0, 0.1) is 11.8 Å². The number of esters is 1. The molecule has 13 heteroatoms. The van der Waals surface area contributed by atoms with Crippen molar-refractivity contribution in [3.05, 3.63) is 24.3 Å². The highest BCUT2D eigenvalue weighted by atomic mass is 16.7. The molecule has 2 saturated heterocycles. The summed E-state index contributed by atoms with van der Waals surface area (Å²) in [5.74, 6) is -1.55. The van der Waals surface area contributed by atoms with Crippen LogP contribution in [0.25, 0.3) is 0 Å². The number of aldehydes is 1. The van der Waals surface area contributed by atoms with Gasteiger partial charge >= 0.3 is 5.97 Å². The van der Waals surface area contributed by atoms with E-state index >= 15 is 0 Å². The number of carbonyl (C=O) groups is 2. The molecule has 0 aromatic rings. The van der Waals surface area contributed by atoms with Gasteiger partial charge in [-0.05, 0) is 80.0 Å². The maximum absolute atomic E-state index is 12.9. The average Bonchev–Trinajstić information content (AvgIpc) is 3.04. The molecule has 0 bridgehead atoms. The molecular weight excluding hydrogens is 636 g/mol. The van der Waals surface area contributed by atoms with Gasteiger partial charge in [-0.25, -0.2) is 0 Å². The van der Waals surface area contributed by atoms with Crippen LogP contribution in [0.15, 0.2) is 24.3 Å². The highest BCUT2D eigenvalue weighted by Crippen LogP contribution is 2.34. The van der Waals surface area contributed by atoms with E-state index in [9.17, 15) is 24.9 Å². The second-order valence-corrected chi connectivity index (χ2v) is 14.1. The lowest BCUT2D eigenvalue weighted by Crippen LogP contribution is -2.63. The van der Waals surface area contributed by atoms with E-state index in [1.54, 1.807) is 39.9 Å². The Kier molecular flexibility index (Phi) is 14.9. The third kappa shape index (κ3) is 11.6. The number of aliphatic hydroxyl groups is 3. The molecule has 13 nitrogen and oxygen atoms in total. The molecule has 2 fully saturated rings. The summed E-state index contributed by atoms with van der Waals surface area (Å²) in [5, 5.41) is 33.6. The molecule has 0 amide bonds. The molecule has 3 aliphatic heterocycles. The average molecular weight is 702 g/mol. The zero-order valence-corrected chi connectivity index (χ0v) is 30.3. The van der Waals surface area contributed by atoms with E-state index in [2.05, 4.69) is 0 Å². The van der Waals surface area contributed by atoms with Gasteiger partial charge in [-0.15, -0.1) is 0 Å². The summed E-state index contributed by atoms with van der Waals surface area (Å²) < 4.78 is 60.1. The lowest BCUT2D eigenvalue weighted by atomic mass is 9.82. The van der Waals surface area contributed by atoms with E-state index < -0.39 is 98.8 Å². The maximum Gasteiger partial charge on any atom is 0.308 e. The summed E-state index contributed by atoms with van der Waals surface area (Å²) in [5.41, 5.74) is 0. The lowest BCUT2D eigenvalue weighted by Gasteiger charge is -2.46. The molecular formula is C36H62N2O11. The molecule has 0 saturated carbocycles. The highest BCUT2D eigenvalue weighted by molar-refractivity contribution is 5.70. The molecule has 3 heterocycles. The molecule has 0 radical (unpaired) electrons. The maximum atomic E-state index is 12.9. The van der Waals surface area contributed by atoms with E-state index in [1.807, 2.05) is 38.2 Å². The monoisotopic (exact) mass is 701 g/mol. The normalized spacial score (nSPS) is 44.4. The van der Waals surface area contributed by atoms with Gasteiger partial charge in [0, 0.05) is 30.1 Å². The molecule has 0 unspecified atom stereocenters. The fourth-order valence-electron chi connectivity index (χ4n) is 7.18. The van der Waals surface area contributed by atoms with Crippen LogP contribution in [0.2, 0.25) is 0 Å². The van der Waals surface area contributed by atoms with E-state index in [0.29, 0.717) is 25.7 Å². The number of aliphatic hydroxyl groups excluding tert-OH is 3. The van der Waals surface area contributed by atoms with Crippen LogP contribution in [0.1, 0.15) is 70.3 Å². The van der Waals surface area contributed by atoms with Crippen molar-refractivity contribution in [3.63, 3.8) is 0 Å². The number of hydrogen-bond donors (Lipinski definition) is 3. The predicted molar refractivity (Wildman–Crippen MR) is 182 cm³/mol. The first-order valence-electron chi connectivity index (χ1n) is 18.9. The van der Waals surface area contributed by atoms with E-state index in [-0.39, 0.29) is 18.4 Å². The Balaban J connectivity index is 1.98. The van der Waals surface area contributed by atoms with E-state index in [0.717, 1.165) is 6.29 Å². The van der Waals surface area contributed by atoms with Gasteiger partial charge in [-0.1, -0.05) is 31.2 Å². The van der Waals surface area contributed by atoms with Crippen molar-refractivity contribution in [2.24, 2.45) is 11.8 Å². The second kappa shape index (κ2) is 19.7. The summed E-state index contributed by atoms with van der Waals surface area (Å²) in [6.07, 6.45) is -0.646. The van der Waals surface area contributed by atoms with Gasteiger partial charge in [0.1, 0.15) is 24.6 Å². The zero-order valence-electron chi connectivity index (χ0n) is 33.3. The van der Waals surface area contributed by atoms with Gasteiger partial charge < -0.3 is 58.3 Å². The summed E-state index contributed by atoms with van der Waals surface area (Å²) in [6, 6.07) is -1.07. The summed E-state index contributed by atoms with van der Waals surface area (Å²) in [7, 11) is 6.36. The SMILES string of the molecule is [2H]C([2H])([2H])N(C)[C@H]1CC[C@H](O[C@H]2/C=C/C=C/C[C@@H](C)OC(=O)C[C@@H](O)[C@H](OC)[C@@H](O[C@@H]3O[C@H](C)[C@@H](O)[C@H](N(C)C)[C@H]3O)[C@@H](CC=O)C[C@H]2C)O[C@@H]1C. The number of allylic oxidation sites excluding steroid dienone is 2. The molecule has 0 aliphatic carbocycles. The van der Waals surface area contributed by atoms with Crippen molar-refractivity contribution in [1.29, 1.82) is 0 Å². The van der Waals surface area contributed by atoms with Gasteiger partial charge in [-0.2, -0.15) is 0 Å². The Bertz CT molecular complexity index is 1180. The van der Waals surface area contributed by atoms with Crippen LogP contribution in [0.4, 0.5) is 0 Å². The molecule has 15 atom stereocenters. The number of ether oxygens (including phenoxy) is 6. The Morgan fingerprint density at radius 1 is 0.980 bits per heavy atom.